The maximum Gasteiger partial charge on any atom is 0.331 e. The van der Waals surface area contributed by atoms with Gasteiger partial charge in [-0.25, -0.2) is 13.2 Å². The number of nitrogens with one attached hydrogen (secondary N) is 1. The first kappa shape index (κ1) is 24.2. The van der Waals surface area contributed by atoms with Gasteiger partial charge in [0.25, 0.3) is 15.9 Å². The average molecular weight is 463 g/mol. The molecule has 2 aromatic carbocycles. The monoisotopic (exact) mass is 462 g/mol. The Bertz CT molecular complexity index is 1080. The molecule has 2 aromatic rings. The van der Waals surface area contributed by atoms with Crippen LogP contribution in [0.2, 0.25) is 5.02 Å². The van der Waals surface area contributed by atoms with Gasteiger partial charge in [-0.1, -0.05) is 48.0 Å². The highest BCUT2D eigenvalue weighted by atomic mass is 35.5. The van der Waals surface area contributed by atoms with Crippen LogP contribution in [0, 0.1) is 0 Å². The number of carbonyl (C=O) groups is 2. The van der Waals surface area contributed by atoms with Crippen LogP contribution in [0.4, 0.5) is 11.4 Å². The van der Waals surface area contributed by atoms with E-state index in [-0.39, 0.29) is 22.2 Å². The first-order valence-corrected chi connectivity index (χ1v) is 11.2. The molecule has 0 aromatic heterocycles. The number of benzene rings is 2. The fraction of sp³-hybridized carbons (Fsp3) is 0.182. The largest absolute Gasteiger partial charge is 0.452 e. The number of amides is 1. The van der Waals surface area contributed by atoms with Gasteiger partial charge in [-0.2, -0.15) is 0 Å². The Morgan fingerprint density at radius 3 is 2.48 bits per heavy atom. The number of halogens is 1. The molecule has 1 amide bonds. The van der Waals surface area contributed by atoms with Gasteiger partial charge >= 0.3 is 5.97 Å². The van der Waals surface area contributed by atoms with Gasteiger partial charge < -0.3 is 10.1 Å². The normalized spacial score (nSPS) is 11.6. The molecular formula is C22H23ClN2O5S. The van der Waals surface area contributed by atoms with Gasteiger partial charge in [0.1, 0.15) is 0 Å². The third kappa shape index (κ3) is 6.70. The van der Waals surface area contributed by atoms with Crippen molar-refractivity contribution in [2.24, 2.45) is 0 Å². The Hall–Kier alpha value is -3.10. The van der Waals surface area contributed by atoms with E-state index in [1.54, 1.807) is 56.3 Å². The zero-order valence-corrected chi connectivity index (χ0v) is 18.7. The van der Waals surface area contributed by atoms with Gasteiger partial charge in [-0.15, -0.1) is 0 Å². The molecule has 0 saturated carbocycles. The molecule has 0 bridgehead atoms. The second kappa shape index (κ2) is 11.3. The minimum absolute atomic E-state index is 0.0378. The summed E-state index contributed by atoms with van der Waals surface area (Å²) >= 11 is 6.12. The van der Waals surface area contributed by atoms with E-state index in [2.05, 4.69) is 5.32 Å². The Kier molecular flexibility index (Phi) is 8.84. The van der Waals surface area contributed by atoms with E-state index >= 15 is 0 Å². The molecule has 2 rings (SSSR count). The maximum absolute atomic E-state index is 13.1. The number of nitrogens with zero attached hydrogens (tertiary/aromatic N) is 1. The molecule has 0 spiro atoms. The highest BCUT2D eigenvalue weighted by molar-refractivity contribution is 7.92. The molecule has 0 aliphatic carbocycles. The van der Waals surface area contributed by atoms with E-state index in [1.165, 1.54) is 34.7 Å². The predicted molar refractivity (Wildman–Crippen MR) is 122 cm³/mol. The summed E-state index contributed by atoms with van der Waals surface area (Å²) in [4.78, 5) is 23.6. The smallest absolute Gasteiger partial charge is 0.331 e. The number of rotatable bonds is 9. The lowest BCUT2D eigenvalue weighted by molar-refractivity contribution is -0.142. The van der Waals surface area contributed by atoms with Gasteiger partial charge in [-0.05, 0) is 44.2 Å². The van der Waals surface area contributed by atoms with Crippen molar-refractivity contribution in [1.29, 1.82) is 0 Å². The summed E-state index contributed by atoms with van der Waals surface area (Å²) in [6, 6.07) is 12.7. The number of para-hydroxylation sites is 1. The van der Waals surface area contributed by atoms with Crippen LogP contribution in [0.25, 0.3) is 0 Å². The van der Waals surface area contributed by atoms with Crippen molar-refractivity contribution in [3.63, 3.8) is 0 Å². The summed E-state index contributed by atoms with van der Waals surface area (Å²) in [6.07, 6.45) is 6.03. The number of anilines is 2. The van der Waals surface area contributed by atoms with Crippen LogP contribution in [-0.2, 0) is 24.3 Å². The highest BCUT2D eigenvalue weighted by Crippen LogP contribution is 2.29. The predicted octanol–water partition coefficient (Wildman–Crippen LogP) is 4.17. The fourth-order valence-corrected chi connectivity index (χ4v) is 4.25. The van der Waals surface area contributed by atoms with Crippen molar-refractivity contribution in [2.75, 3.05) is 22.8 Å². The Labute approximate surface area is 187 Å². The SMILES string of the molecule is C/C=C/C=C/C(=O)OCC(=O)Nc1cc(S(=O)(=O)N(CC)c2ccccc2)ccc1Cl. The van der Waals surface area contributed by atoms with Crippen molar-refractivity contribution < 1.29 is 22.7 Å². The molecule has 9 heteroatoms. The van der Waals surface area contributed by atoms with Crippen molar-refractivity contribution >= 4 is 44.9 Å². The zero-order chi connectivity index (χ0) is 22.9. The number of hydrogen-bond donors (Lipinski definition) is 1. The van der Waals surface area contributed by atoms with E-state index in [4.69, 9.17) is 16.3 Å². The lowest BCUT2D eigenvalue weighted by atomic mass is 10.3. The minimum Gasteiger partial charge on any atom is -0.452 e. The van der Waals surface area contributed by atoms with Crippen LogP contribution in [0.5, 0.6) is 0 Å². The average Bonchev–Trinajstić information content (AvgIpc) is 2.75. The number of esters is 1. The molecule has 0 aliphatic heterocycles. The van der Waals surface area contributed by atoms with Crippen molar-refractivity contribution in [3.8, 4) is 0 Å². The van der Waals surface area contributed by atoms with E-state index in [0.29, 0.717) is 5.69 Å². The molecular weight excluding hydrogens is 440 g/mol. The number of sulfonamides is 1. The Morgan fingerprint density at radius 1 is 1.13 bits per heavy atom. The Balaban J connectivity index is 2.17. The molecule has 0 unspecified atom stereocenters. The van der Waals surface area contributed by atoms with Crippen molar-refractivity contribution in [2.45, 2.75) is 18.7 Å². The topological polar surface area (TPSA) is 92.8 Å². The number of allylic oxidation sites excluding steroid dienone is 3. The molecule has 31 heavy (non-hydrogen) atoms. The number of ether oxygens (including phenoxy) is 1. The van der Waals surface area contributed by atoms with E-state index in [0.717, 1.165) is 0 Å². The van der Waals surface area contributed by atoms with Crippen LogP contribution >= 0.6 is 11.6 Å². The summed E-state index contributed by atoms with van der Waals surface area (Å²) in [5, 5.41) is 2.62. The summed E-state index contributed by atoms with van der Waals surface area (Å²) < 4.78 is 32.4. The van der Waals surface area contributed by atoms with E-state index in [1.807, 2.05) is 0 Å². The lowest BCUT2D eigenvalue weighted by Crippen LogP contribution is -2.30. The molecule has 7 nitrogen and oxygen atoms in total. The lowest BCUT2D eigenvalue weighted by Gasteiger charge is -2.23. The number of hydrogen-bond acceptors (Lipinski definition) is 5. The molecule has 164 valence electrons. The van der Waals surface area contributed by atoms with E-state index in [9.17, 15) is 18.0 Å². The fourth-order valence-electron chi connectivity index (χ4n) is 2.59. The molecule has 0 aliphatic rings. The third-order valence-electron chi connectivity index (χ3n) is 4.01. The van der Waals surface area contributed by atoms with Crippen LogP contribution in [0.1, 0.15) is 13.8 Å². The summed E-state index contributed by atoms with van der Waals surface area (Å²) in [5.74, 6) is -1.34. The molecule has 0 saturated heterocycles. The second-order valence-electron chi connectivity index (χ2n) is 6.19. The van der Waals surface area contributed by atoms with Gasteiger partial charge in [0, 0.05) is 12.6 Å². The van der Waals surface area contributed by atoms with Crippen molar-refractivity contribution in [1.82, 2.24) is 0 Å². The molecule has 0 radical (unpaired) electrons. The van der Waals surface area contributed by atoms with Crippen LogP contribution in [0.15, 0.2) is 77.7 Å². The summed E-state index contributed by atoms with van der Waals surface area (Å²) in [6.45, 7) is 3.19. The van der Waals surface area contributed by atoms with Crippen LogP contribution < -0.4 is 9.62 Å². The quantitative estimate of drug-likeness (QED) is 0.343. The second-order valence-corrected chi connectivity index (χ2v) is 8.46. The maximum atomic E-state index is 13.1. The van der Waals surface area contributed by atoms with Crippen molar-refractivity contribution in [3.05, 3.63) is 77.9 Å². The molecule has 0 fully saturated rings. The van der Waals surface area contributed by atoms with Gasteiger partial charge in [0.2, 0.25) is 0 Å². The highest BCUT2D eigenvalue weighted by Gasteiger charge is 2.24. The van der Waals surface area contributed by atoms with E-state index < -0.39 is 28.5 Å². The number of carbonyl (C=O) groups excluding carboxylic acids is 2. The first-order valence-electron chi connectivity index (χ1n) is 9.43. The Morgan fingerprint density at radius 2 is 1.84 bits per heavy atom. The summed E-state index contributed by atoms with van der Waals surface area (Å²) in [5.41, 5.74) is 0.612. The standard InChI is InChI=1S/C22H23ClN2O5S/c1-3-5-7-12-22(27)30-16-21(26)24-20-15-18(13-14-19(20)23)31(28,29)25(4-2)17-10-8-6-9-11-17/h3,5-15H,4,16H2,1-2H3,(H,24,26)/b5-3+,12-7+. The minimum atomic E-state index is -3.90. The summed E-state index contributed by atoms with van der Waals surface area (Å²) in [7, 11) is -3.90. The first-order chi connectivity index (χ1) is 14.8. The van der Waals surface area contributed by atoms with Crippen LogP contribution in [-0.4, -0.2) is 33.4 Å². The third-order valence-corrected chi connectivity index (χ3v) is 6.24. The van der Waals surface area contributed by atoms with Crippen LogP contribution in [0.3, 0.4) is 0 Å². The van der Waals surface area contributed by atoms with Gasteiger partial charge in [-0.3, -0.25) is 9.10 Å². The molecule has 0 atom stereocenters. The zero-order valence-electron chi connectivity index (χ0n) is 17.1. The molecule has 1 N–H and O–H groups in total. The van der Waals surface area contributed by atoms with Gasteiger partial charge in [0.05, 0.1) is 21.3 Å². The van der Waals surface area contributed by atoms with Gasteiger partial charge in [0.15, 0.2) is 6.61 Å². The molecule has 0 heterocycles.